The van der Waals surface area contributed by atoms with Gasteiger partial charge < -0.3 is 0 Å². The van der Waals surface area contributed by atoms with E-state index in [-0.39, 0.29) is 0 Å². The Morgan fingerprint density at radius 2 is 2.00 bits per heavy atom. The fourth-order valence-corrected chi connectivity index (χ4v) is 2.80. The molecule has 2 rings (SSSR count). The summed E-state index contributed by atoms with van der Waals surface area (Å²) >= 11 is 0. The first kappa shape index (κ1) is 10.0. The van der Waals surface area contributed by atoms with E-state index >= 15 is 0 Å². The van der Waals surface area contributed by atoms with Gasteiger partial charge in [-0.2, -0.15) is 0 Å². The number of rotatable bonds is 4. The molecule has 4 heteroatoms. The van der Waals surface area contributed by atoms with Gasteiger partial charge in [-0.1, -0.05) is 5.57 Å². The summed E-state index contributed by atoms with van der Waals surface area (Å²) in [5.41, 5.74) is 2.64. The summed E-state index contributed by atoms with van der Waals surface area (Å²) in [6.07, 6.45) is 6.42. The van der Waals surface area contributed by atoms with Crippen molar-refractivity contribution in [1.29, 1.82) is 0 Å². The van der Waals surface area contributed by atoms with Crippen molar-refractivity contribution >= 4 is 12.2 Å². The molecule has 0 heterocycles. The van der Waals surface area contributed by atoms with Gasteiger partial charge in [0.15, 0.2) is 0 Å². The molecule has 0 aliphatic heterocycles. The van der Waals surface area contributed by atoms with E-state index in [1.54, 1.807) is 12.2 Å². The molecule has 0 aromatic heterocycles. The summed E-state index contributed by atoms with van der Waals surface area (Å²) in [5, 5.41) is 0. The molecule has 0 radical (unpaired) electrons. The van der Waals surface area contributed by atoms with E-state index in [2.05, 4.69) is 9.98 Å². The lowest BCUT2D eigenvalue weighted by Crippen LogP contribution is -2.10. The van der Waals surface area contributed by atoms with Crippen LogP contribution >= 0.6 is 0 Å². The highest BCUT2D eigenvalue weighted by Gasteiger charge is 2.37. The molecular weight excluding hydrogens is 192 g/mol. The van der Waals surface area contributed by atoms with Gasteiger partial charge in [-0.25, -0.2) is 19.6 Å². The Hall–Kier alpha value is -1.50. The molecule has 2 unspecified atom stereocenters. The van der Waals surface area contributed by atoms with Gasteiger partial charge in [-0.05, 0) is 30.8 Å². The van der Waals surface area contributed by atoms with Crippen molar-refractivity contribution in [2.75, 3.05) is 13.1 Å². The summed E-state index contributed by atoms with van der Waals surface area (Å²) in [6, 6.07) is 0. The normalized spacial score (nSPS) is 27.5. The average molecular weight is 204 g/mol. The Balaban J connectivity index is 2.10. The summed E-state index contributed by atoms with van der Waals surface area (Å²) in [5.74, 6) is 1.07. The molecule has 2 aliphatic carbocycles. The molecule has 15 heavy (non-hydrogen) atoms. The van der Waals surface area contributed by atoms with Gasteiger partial charge in [-0.3, -0.25) is 0 Å². The zero-order valence-electron chi connectivity index (χ0n) is 8.40. The van der Waals surface area contributed by atoms with Crippen LogP contribution in [0.25, 0.3) is 0 Å². The first-order valence-corrected chi connectivity index (χ1v) is 5.13. The number of hydrogen-bond donors (Lipinski definition) is 0. The summed E-state index contributed by atoms with van der Waals surface area (Å²) in [6.45, 7) is 1.03. The molecule has 0 spiro atoms. The lowest BCUT2D eigenvalue weighted by atomic mass is 9.90. The van der Waals surface area contributed by atoms with Gasteiger partial charge in [0.2, 0.25) is 12.2 Å². The molecular formula is C11H12N2O2. The zero-order chi connectivity index (χ0) is 10.7. The molecule has 2 atom stereocenters. The van der Waals surface area contributed by atoms with Crippen LogP contribution < -0.4 is 0 Å². The van der Waals surface area contributed by atoms with Crippen molar-refractivity contribution in [3.8, 4) is 0 Å². The number of hydrogen-bond acceptors (Lipinski definition) is 4. The number of carbonyl (C=O) groups excluding carboxylic acids is 2. The second-order valence-electron chi connectivity index (χ2n) is 4.18. The van der Waals surface area contributed by atoms with E-state index in [9.17, 15) is 9.59 Å². The van der Waals surface area contributed by atoms with Crippen LogP contribution in [0.2, 0.25) is 0 Å². The minimum absolute atomic E-state index is 0.391. The van der Waals surface area contributed by atoms with Crippen LogP contribution in [0.4, 0.5) is 0 Å². The SMILES string of the molecule is O=C=NCC1=C2CC(C1)CC2CN=C=O. The third kappa shape index (κ3) is 1.96. The Labute approximate surface area is 87.8 Å². The van der Waals surface area contributed by atoms with E-state index < -0.39 is 0 Å². The molecule has 1 fully saturated rings. The number of aliphatic imine (C=N–C) groups is 2. The van der Waals surface area contributed by atoms with E-state index in [0.29, 0.717) is 24.9 Å². The molecule has 2 bridgehead atoms. The lowest BCUT2D eigenvalue weighted by Gasteiger charge is -2.17. The van der Waals surface area contributed by atoms with Crippen molar-refractivity contribution in [2.45, 2.75) is 19.3 Å². The fourth-order valence-electron chi connectivity index (χ4n) is 2.80. The van der Waals surface area contributed by atoms with Crippen molar-refractivity contribution in [2.24, 2.45) is 21.8 Å². The van der Waals surface area contributed by atoms with Gasteiger partial charge in [-0.15, -0.1) is 0 Å². The number of nitrogens with zero attached hydrogens (tertiary/aromatic N) is 2. The third-order valence-electron chi connectivity index (χ3n) is 3.32. The Kier molecular flexibility index (Phi) is 2.91. The highest BCUT2D eigenvalue weighted by Crippen LogP contribution is 2.47. The first-order chi connectivity index (χ1) is 7.35. The molecule has 0 amide bonds. The van der Waals surface area contributed by atoms with Crippen LogP contribution in [0.3, 0.4) is 0 Å². The van der Waals surface area contributed by atoms with Crippen LogP contribution in [-0.4, -0.2) is 25.2 Å². The smallest absolute Gasteiger partial charge is 0.211 e. The molecule has 0 N–H and O–H groups in total. The van der Waals surface area contributed by atoms with Crippen molar-refractivity contribution in [1.82, 2.24) is 0 Å². The predicted octanol–water partition coefficient (Wildman–Crippen LogP) is 1.38. The zero-order valence-corrected chi connectivity index (χ0v) is 8.40. The van der Waals surface area contributed by atoms with Crippen molar-refractivity contribution in [3.63, 3.8) is 0 Å². The minimum atomic E-state index is 0.391. The predicted molar refractivity (Wildman–Crippen MR) is 53.8 cm³/mol. The van der Waals surface area contributed by atoms with Gasteiger partial charge in [0.1, 0.15) is 0 Å². The molecule has 1 saturated carbocycles. The quantitative estimate of drug-likeness (QED) is 0.394. The maximum absolute atomic E-state index is 10.0. The third-order valence-corrected chi connectivity index (χ3v) is 3.32. The standard InChI is InChI=1S/C11H12N2O2/c14-6-12-4-9-1-8-2-10(5-13-7-15)11(9)3-8/h8-9H,1-5H2. The highest BCUT2D eigenvalue weighted by molar-refractivity contribution is 5.37. The van der Waals surface area contributed by atoms with Crippen molar-refractivity contribution < 1.29 is 9.59 Å². The first-order valence-electron chi connectivity index (χ1n) is 5.13. The maximum atomic E-state index is 10.0. The minimum Gasteiger partial charge on any atom is -0.211 e. The Morgan fingerprint density at radius 3 is 2.67 bits per heavy atom. The van der Waals surface area contributed by atoms with Crippen LogP contribution in [0.1, 0.15) is 19.3 Å². The van der Waals surface area contributed by atoms with Gasteiger partial charge in [0.25, 0.3) is 0 Å². The lowest BCUT2D eigenvalue weighted by molar-refractivity contribution is 0.482. The van der Waals surface area contributed by atoms with E-state index in [1.807, 2.05) is 0 Å². The van der Waals surface area contributed by atoms with Gasteiger partial charge in [0.05, 0.1) is 13.1 Å². The summed E-state index contributed by atoms with van der Waals surface area (Å²) in [4.78, 5) is 27.3. The number of fused-ring (bicyclic) bond motifs is 2. The molecule has 78 valence electrons. The topological polar surface area (TPSA) is 58.9 Å². The monoisotopic (exact) mass is 204 g/mol. The summed E-state index contributed by atoms with van der Waals surface area (Å²) < 4.78 is 0. The Morgan fingerprint density at radius 1 is 1.20 bits per heavy atom. The second kappa shape index (κ2) is 4.35. The van der Waals surface area contributed by atoms with Crippen LogP contribution in [0, 0.1) is 11.8 Å². The van der Waals surface area contributed by atoms with Crippen LogP contribution in [0.5, 0.6) is 0 Å². The molecule has 4 nitrogen and oxygen atoms in total. The number of isocyanates is 2. The Bertz CT molecular complexity index is 387. The summed E-state index contributed by atoms with van der Waals surface area (Å²) in [7, 11) is 0. The molecule has 0 aromatic carbocycles. The molecule has 2 aliphatic rings. The van der Waals surface area contributed by atoms with Crippen molar-refractivity contribution in [3.05, 3.63) is 11.1 Å². The molecule has 0 aromatic rings. The average Bonchev–Trinajstić information content (AvgIpc) is 2.82. The van der Waals surface area contributed by atoms with E-state index in [0.717, 1.165) is 19.3 Å². The van der Waals surface area contributed by atoms with Crippen LogP contribution in [-0.2, 0) is 9.59 Å². The largest absolute Gasteiger partial charge is 0.235 e. The maximum Gasteiger partial charge on any atom is 0.235 e. The highest BCUT2D eigenvalue weighted by atomic mass is 16.1. The van der Waals surface area contributed by atoms with Gasteiger partial charge >= 0.3 is 0 Å². The van der Waals surface area contributed by atoms with Gasteiger partial charge in [0, 0.05) is 5.92 Å². The molecule has 0 saturated heterocycles. The second-order valence-corrected chi connectivity index (χ2v) is 4.18. The van der Waals surface area contributed by atoms with Crippen LogP contribution in [0.15, 0.2) is 21.1 Å². The van der Waals surface area contributed by atoms with E-state index in [4.69, 9.17) is 0 Å². The van der Waals surface area contributed by atoms with E-state index in [1.165, 1.54) is 11.1 Å². The fraction of sp³-hybridized carbons (Fsp3) is 0.636.